The first-order chi connectivity index (χ1) is 9.51. The van der Waals surface area contributed by atoms with Gasteiger partial charge < -0.3 is 10.5 Å². The number of ether oxygens (including phenoxy) is 1. The predicted octanol–water partition coefficient (Wildman–Crippen LogP) is 3.88. The van der Waals surface area contributed by atoms with E-state index in [1.165, 1.54) is 18.4 Å². The van der Waals surface area contributed by atoms with E-state index in [4.69, 9.17) is 10.5 Å². The molecule has 2 N–H and O–H groups in total. The minimum atomic E-state index is -0.337. The lowest BCUT2D eigenvalue weighted by Crippen LogP contribution is -2.01. The highest BCUT2D eigenvalue weighted by atomic mass is 79.9. The standard InChI is InChI=1S/C13H13BrN2O2S2/c1-7-12(20-13(15)16-7)19-6-9-4-3-8(5-10(9)14)11(17)18-2/h3-5H,6H2,1-2H3,(H2,15,16). The van der Waals surface area contributed by atoms with Gasteiger partial charge in [0, 0.05) is 10.2 Å². The van der Waals surface area contributed by atoms with E-state index in [1.807, 2.05) is 13.0 Å². The summed E-state index contributed by atoms with van der Waals surface area (Å²) in [6, 6.07) is 5.46. The van der Waals surface area contributed by atoms with Crippen LogP contribution in [0.5, 0.6) is 0 Å². The Hall–Kier alpha value is -1.05. The van der Waals surface area contributed by atoms with Crippen molar-refractivity contribution in [2.75, 3.05) is 12.8 Å². The predicted molar refractivity (Wildman–Crippen MR) is 86.3 cm³/mol. The summed E-state index contributed by atoms with van der Waals surface area (Å²) in [4.78, 5) is 15.6. The highest BCUT2D eigenvalue weighted by molar-refractivity contribution is 9.10. The maximum Gasteiger partial charge on any atom is 0.337 e. The topological polar surface area (TPSA) is 65.2 Å². The summed E-state index contributed by atoms with van der Waals surface area (Å²) in [5.74, 6) is 0.445. The quantitative estimate of drug-likeness (QED) is 0.651. The summed E-state index contributed by atoms with van der Waals surface area (Å²) < 4.78 is 6.70. The third kappa shape index (κ3) is 3.53. The van der Waals surface area contributed by atoms with E-state index < -0.39 is 0 Å². The molecule has 2 aromatic rings. The van der Waals surface area contributed by atoms with Crippen LogP contribution in [0.1, 0.15) is 21.6 Å². The van der Waals surface area contributed by atoms with Crippen LogP contribution in [-0.2, 0) is 10.5 Å². The van der Waals surface area contributed by atoms with Crippen LogP contribution in [0.2, 0.25) is 0 Å². The van der Waals surface area contributed by atoms with Gasteiger partial charge in [0.1, 0.15) is 0 Å². The number of thiazole rings is 1. The molecule has 0 spiro atoms. The van der Waals surface area contributed by atoms with Crippen LogP contribution in [0.15, 0.2) is 26.9 Å². The van der Waals surface area contributed by atoms with Gasteiger partial charge in [-0.1, -0.05) is 33.3 Å². The molecule has 0 bridgehead atoms. The lowest BCUT2D eigenvalue weighted by Gasteiger charge is -2.06. The van der Waals surface area contributed by atoms with Crippen LogP contribution < -0.4 is 5.73 Å². The van der Waals surface area contributed by atoms with Gasteiger partial charge in [0.2, 0.25) is 0 Å². The van der Waals surface area contributed by atoms with E-state index in [1.54, 1.807) is 23.9 Å². The van der Waals surface area contributed by atoms with Crippen molar-refractivity contribution in [1.29, 1.82) is 0 Å². The Labute approximate surface area is 133 Å². The molecule has 20 heavy (non-hydrogen) atoms. The number of aromatic nitrogens is 1. The number of halogens is 1. The second-order valence-electron chi connectivity index (χ2n) is 4.01. The van der Waals surface area contributed by atoms with Crippen LogP contribution >= 0.6 is 39.0 Å². The number of carbonyl (C=O) groups excluding carboxylic acids is 1. The zero-order chi connectivity index (χ0) is 14.7. The van der Waals surface area contributed by atoms with Crippen molar-refractivity contribution in [1.82, 2.24) is 4.98 Å². The molecule has 0 saturated heterocycles. The third-order valence-corrected chi connectivity index (χ3v) is 5.74. The molecular formula is C13H13BrN2O2S2. The number of methoxy groups -OCH3 is 1. The van der Waals surface area contributed by atoms with Crippen LogP contribution in [0.25, 0.3) is 0 Å². The van der Waals surface area contributed by atoms with Crippen molar-refractivity contribution >= 4 is 50.1 Å². The van der Waals surface area contributed by atoms with E-state index in [0.29, 0.717) is 10.7 Å². The Morgan fingerprint density at radius 3 is 2.85 bits per heavy atom. The van der Waals surface area contributed by atoms with Crippen molar-refractivity contribution in [3.05, 3.63) is 39.5 Å². The number of esters is 1. The number of hydrogen-bond acceptors (Lipinski definition) is 6. The Balaban J connectivity index is 2.10. The molecule has 0 amide bonds. The number of nitrogens with zero attached hydrogens (tertiary/aromatic N) is 1. The van der Waals surface area contributed by atoms with Gasteiger partial charge in [-0.05, 0) is 24.6 Å². The molecule has 0 fully saturated rings. The fraction of sp³-hybridized carbons (Fsp3) is 0.231. The Morgan fingerprint density at radius 1 is 1.55 bits per heavy atom. The van der Waals surface area contributed by atoms with Gasteiger partial charge in [-0.15, -0.1) is 11.8 Å². The summed E-state index contributed by atoms with van der Waals surface area (Å²) >= 11 is 6.66. The molecule has 0 atom stereocenters. The molecule has 7 heteroatoms. The Kier molecular flexibility index (Phi) is 5.06. The number of rotatable bonds is 4. The molecule has 1 heterocycles. The van der Waals surface area contributed by atoms with Gasteiger partial charge in [0.15, 0.2) is 5.13 Å². The number of aryl methyl sites for hydroxylation is 1. The zero-order valence-corrected chi connectivity index (χ0v) is 14.2. The first-order valence-electron chi connectivity index (χ1n) is 5.73. The largest absolute Gasteiger partial charge is 0.465 e. The lowest BCUT2D eigenvalue weighted by molar-refractivity contribution is 0.0600. The molecule has 2 rings (SSSR count). The highest BCUT2D eigenvalue weighted by Crippen LogP contribution is 2.34. The lowest BCUT2D eigenvalue weighted by atomic mass is 10.1. The fourth-order valence-corrected chi connectivity index (χ4v) is 4.32. The first-order valence-corrected chi connectivity index (χ1v) is 8.33. The summed E-state index contributed by atoms with van der Waals surface area (Å²) in [6.45, 7) is 1.95. The van der Waals surface area contributed by atoms with Crippen LogP contribution in [0, 0.1) is 6.92 Å². The van der Waals surface area contributed by atoms with Crippen LogP contribution in [-0.4, -0.2) is 18.1 Å². The molecule has 0 aliphatic rings. The Morgan fingerprint density at radius 2 is 2.30 bits per heavy atom. The summed E-state index contributed by atoms with van der Waals surface area (Å²) in [5, 5.41) is 0.588. The van der Waals surface area contributed by atoms with E-state index >= 15 is 0 Å². The number of benzene rings is 1. The minimum absolute atomic E-state index is 0.337. The molecule has 106 valence electrons. The third-order valence-electron chi connectivity index (χ3n) is 2.60. The summed E-state index contributed by atoms with van der Waals surface area (Å²) in [5.41, 5.74) is 8.28. The molecule has 0 unspecified atom stereocenters. The maximum absolute atomic E-state index is 11.4. The molecule has 0 saturated carbocycles. The van der Waals surface area contributed by atoms with E-state index in [2.05, 4.69) is 20.9 Å². The van der Waals surface area contributed by atoms with Gasteiger partial charge >= 0.3 is 5.97 Å². The summed E-state index contributed by atoms with van der Waals surface area (Å²) in [7, 11) is 1.37. The molecular weight excluding hydrogens is 360 g/mol. The van der Waals surface area contributed by atoms with Crippen molar-refractivity contribution in [2.24, 2.45) is 0 Å². The van der Waals surface area contributed by atoms with Gasteiger partial charge in [-0.3, -0.25) is 0 Å². The number of carbonyl (C=O) groups is 1. The van der Waals surface area contributed by atoms with Crippen molar-refractivity contribution < 1.29 is 9.53 Å². The average molecular weight is 373 g/mol. The first kappa shape index (κ1) is 15.3. The minimum Gasteiger partial charge on any atom is -0.465 e. The number of nitrogen functional groups attached to an aromatic ring is 1. The number of anilines is 1. The molecule has 4 nitrogen and oxygen atoms in total. The monoisotopic (exact) mass is 372 g/mol. The van der Waals surface area contributed by atoms with Gasteiger partial charge in [0.05, 0.1) is 22.6 Å². The van der Waals surface area contributed by atoms with Gasteiger partial charge in [-0.25, -0.2) is 9.78 Å². The fourth-order valence-electron chi connectivity index (χ4n) is 1.59. The molecule has 0 aliphatic carbocycles. The molecule has 0 aliphatic heterocycles. The number of hydrogen-bond donors (Lipinski definition) is 1. The van der Waals surface area contributed by atoms with Crippen molar-refractivity contribution in [2.45, 2.75) is 16.9 Å². The van der Waals surface area contributed by atoms with Crippen molar-refractivity contribution in [3.8, 4) is 0 Å². The smallest absolute Gasteiger partial charge is 0.337 e. The molecule has 1 aromatic carbocycles. The second-order valence-corrected chi connectivity index (χ2v) is 7.14. The van der Waals surface area contributed by atoms with Gasteiger partial charge in [0.25, 0.3) is 0 Å². The van der Waals surface area contributed by atoms with Gasteiger partial charge in [-0.2, -0.15) is 0 Å². The SMILES string of the molecule is COC(=O)c1ccc(CSc2sc(N)nc2C)c(Br)c1. The van der Waals surface area contributed by atoms with Crippen LogP contribution in [0.3, 0.4) is 0 Å². The van der Waals surface area contributed by atoms with Crippen LogP contribution in [0.4, 0.5) is 5.13 Å². The normalized spacial score (nSPS) is 10.6. The Bertz CT molecular complexity index is 643. The highest BCUT2D eigenvalue weighted by Gasteiger charge is 2.10. The second kappa shape index (κ2) is 6.60. The molecule has 0 radical (unpaired) electrons. The van der Waals surface area contributed by atoms with Crippen molar-refractivity contribution in [3.63, 3.8) is 0 Å². The maximum atomic E-state index is 11.4. The molecule has 1 aromatic heterocycles. The zero-order valence-electron chi connectivity index (χ0n) is 11.0. The van der Waals surface area contributed by atoms with E-state index in [-0.39, 0.29) is 5.97 Å². The van der Waals surface area contributed by atoms with E-state index in [0.717, 1.165) is 25.7 Å². The number of nitrogens with two attached hydrogens (primary N) is 1. The summed E-state index contributed by atoms with van der Waals surface area (Å²) in [6.07, 6.45) is 0. The number of thioether (sulfide) groups is 1. The average Bonchev–Trinajstić information content (AvgIpc) is 2.74. The van der Waals surface area contributed by atoms with E-state index in [9.17, 15) is 4.79 Å².